The van der Waals surface area contributed by atoms with Crippen LogP contribution in [-0.2, 0) is 6.42 Å². The summed E-state index contributed by atoms with van der Waals surface area (Å²) in [5.74, 6) is -0.424. The highest BCUT2D eigenvalue weighted by Crippen LogP contribution is 2.30. The van der Waals surface area contributed by atoms with Crippen LogP contribution in [-0.4, -0.2) is 18.9 Å². The summed E-state index contributed by atoms with van der Waals surface area (Å²) >= 11 is 5.46. The summed E-state index contributed by atoms with van der Waals surface area (Å²) in [6.45, 7) is -3.05. The minimum absolute atomic E-state index is 0.183. The normalized spacial score (nSPS) is 11.7. The third-order valence-corrected chi connectivity index (χ3v) is 2.33. The summed E-state index contributed by atoms with van der Waals surface area (Å²) in [5, 5.41) is 0. The van der Waals surface area contributed by atoms with Crippen molar-refractivity contribution in [3.63, 3.8) is 0 Å². The first-order valence-electron chi connectivity index (χ1n) is 5.21. The van der Waals surface area contributed by atoms with Crippen molar-refractivity contribution in [1.29, 1.82) is 0 Å². The largest absolute Gasteiger partial charge is 0.573 e. The first kappa shape index (κ1) is 15.8. The lowest BCUT2D eigenvalue weighted by Crippen LogP contribution is -2.17. The second-order valence-electron chi connectivity index (χ2n) is 3.49. The molecule has 0 saturated carbocycles. The zero-order valence-corrected chi connectivity index (χ0v) is 10.3. The molecule has 0 bridgehead atoms. The van der Waals surface area contributed by atoms with Crippen molar-refractivity contribution in [3.8, 4) is 11.5 Å². The number of hydrogen-bond acceptors (Lipinski definition) is 2. The number of rotatable bonds is 6. The molecule has 1 aromatic rings. The van der Waals surface area contributed by atoms with E-state index in [2.05, 4.69) is 9.47 Å². The Morgan fingerprint density at radius 1 is 1.21 bits per heavy atom. The Kier molecular flexibility index (Phi) is 5.65. The summed E-state index contributed by atoms with van der Waals surface area (Å²) in [7, 11) is 0. The maximum atomic E-state index is 12.1. The first-order valence-corrected chi connectivity index (χ1v) is 5.74. The third kappa shape index (κ3) is 5.96. The van der Waals surface area contributed by atoms with Crippen LogP contribution in [0.3, 0.4) is 0 Å². The summed E-state index contributed by atoms with van der Waals surface area (Å²) < 4.78 is 68.3. The molecular formula is C11H10ClF5O2. The fraction of sp³-hybridized carbons (Fsp3) is 0.455. The predicted octanol–water partition coefficient (Wildman–Crippen LogP) is 4.36. The highest BCUT2D eigenvalue weighted by molar-refractivity contribution is 6.17. The van der Waals surface area contributed by atoms with Crippen LogP contribution in [0, 0.1) is 0 Å². The van der Waals surface area contributed by atoms with E-state index in [4.69, 9.17) is 11.6 Å². The zero-order valence-electron chi connectivity index (χ0n) is 9.52. The zero-order chi connectivity index (χ0) is 14.5. The van der Waals surface area contributed by atoms with Crippen molar-refractivity contribution < 1.29 is 31.4 Å². The summed E-state index contributed by atoms with van der Waals surface area (Å²) in [5.41, 5.74) is 0.183. The minimum atomic E-state index is -4.84. The van der Waals surface area contributed by atoms with Crippen LogP contribution < -0.4 is 9.47 Å². The highest BCUT2D eigenvalue weighted by atomic mass is 35.5. The van der Waals surface area contributed by atoms with Gasteiger partial charge in [0.15, 0.2) is 0 Å². The van der Waals surface area contributed by atoms with Crippen molar-refractivity contribution in [1.82, 2.24) is 0 Å². The molecule has 0 aromatic heterocycles. The quantitative estimate of drug-likeness (QED) is 0.574. The van der Waals surface area contributed by atoms with Gasteiger partial charge in [0.1, 0.15) is 11.5 Å². The molecule has 19 heavy (non-hydrogen) atoms. The van der Waals surface area contributed by atoms with Crippen molar-refractivity contribution in [2.24, 2.45) is 0 Å². The molecule has 1 rings (SSSR count). The molecule has 0 atom stereocenters. The molecule has 0 aliphatic heterocycles. The number of benzene rings is 1. The SMILES string of the molecule is FC(F)Oc1ccc(OC(F)(F)F)cc1CCCCl. The van der Waals surface area contributed by atoms with E-state index in [9.17, 15) is 22.0 Å². The van der Waals surface area contributed by atoms with Gasteiger partial charge in [-0.1, -0.05) is 0 Å². The van der Waals surface area contributed by atoms with Gasteiger partial charge in [0.25, 0.3) is 0 Å². The molecule has 0 saturated heterocycles. The lowest BCUT2D eigenvalue weighted by Gasteiger charge is -2.14. The number of alkyl halides is 6. The Labute approximate surface area is 111 Å². The van der Waals surface area contributed by atoms with Gasteiger partial charge in [0.2, 0.25) is 0 Å². The molecule has 0 amide bonds. The average Bonchev–Trinajstić information content (AvgIpc) is 2.26. The second-order valence-corrected chi connectivity index (χ2v) is 3.87. The van der Waals surface area contributed by atoms with Crippen molar-refractivity contribution >= 4 is 11.6 Å². The van der Waals surface area contributed by atoms with E-state index in [0.717, 1.165) is 18.2 Å². The monoisotopic (exact) mass is 304 g/mol. The summed E-state index contributed by atoms with van der Waals surface area (Å²) in [6.07, 6.45) is -4.22. The fourth-order valence-electron chi connectivity index (χ4n) is 1.42. The Morgan fingerprint density at radius 3 is 2.42 bits per heavy atom. The predicted molar refractivity (Wildman–Crippen MR) is 58.8 cm³/mol. The van der Waals surface area contributed by atoms with Gasteiger partial charge in [-0.15, -0.1) is 24.8 Å². The molecule has 8 heteroatoms. The van der Waals surface area contributed by atoms with Crippen LogP contribution in [0.1, 0.15) is 12.0 Å². The van der Waals surface area contributed by atoms with Crippen LogP contribution in [0.5, 0.6) is 11.5 Å². The smallest absolute Gasteiger partial charge is 0.435 e. The Bertz CT molecular complexity index is 409. The van der Waals surface area contributed by atoms with Crippen LogP contribution in [0.4, 0.5) is 22.0 Å². The molecule has 0 aliphatic rings. The van der Waals surface area contributed by atoms with Gasteiger partial charge in [-0.3, -0.25) is 0 Å². The Hall–Kier alpha value is -1.24. The standard InChI is InChI=1S/C11H10ClF5O2/c12-5-1-2-7-6-8(19-11(15,16)17)3-4-9(7)18-10(13)14/h3-4,6,10H,1-2,5H2. The van der Waals surface area contributed by atoms with Crippen molar-refractivity contribution in [2.45, 2.75) is 25.8 Å². The van der Waals surface area contributed by atoms with Gasteiger partial charge in [-0.05, 0) is 36.6 Å². The maximum Gasteiger partial charge on any atom is 0.573 e. The highest BCUT2D eigenvalue weighted by Gasteiger charge is 2.31. The molecule has 0 fully saturated rings. The van der Waals surface area contributed by atoms with Gasteiger partial charge < -0.3 is 9.47 Å². The van der Waals surface area contributed by atoms with E-state index < -0.39 is 18.7 Å². The van der Waals surface area contributed by atoms with Crippen LogP contribution >= 0.6 is 11.6 Å². The molecule has 0 spiro atoms. The Balaban J connectivity index is 2.93. The molecule has 0 radical (unpaired) electrons. The van der Waals surface area contributed by atoms with Gasteiger partial charge in [0, 0.05) is 5.88 Å². The Morgan fingerprint density at radius 2 is 1.89 bits per heavy atom. The average molecular weight is 305 g/mol. The molecule has 2 nitrogen and oxygen atoms in total. The second kappa shape index (κ2) is 6.79. The van der Waals surface area contributed by atoms with Crippen molar-refractivity contribution in [2.75, 3.05) is 5.88 Å². The van der Waals surface area contributed by atoms with E-state index >= 15 is 0 Å². The van der Waals surface area contributed by atoms with E-state index in [1.54, 1.807) is 0 Å². The first-order chi connectivity index (χ1) is 8.81. The van der Waals surface area contributed by atoms with Gasteiger partial charge >= 0.3 is 13.0 Å². The van der Waals surface area contributed by atoms with E-state index in [1.807, 2.05) is 0 Å². The number of ether oxygens (including phenoxy) is 2. The molecule has 1 aromatic carbocycles. The van der Waals surface area contributed by atoms with Gasteiger partial charge in [-0.25, -0.2) is 0 Å². The number of aryl methyl sites for hydroxylation is 1. The summed E-state index contributed by atoms with van der Waals surface area (Å²) in [4.78, 5) is 0. The molecule has 0 heterocycles. The van der Waals surface area contributed by atoms with E-state index in [1.165, 1.54) is 0 Å². The third-order valence-electron chi connectivity index (χ3n) is 2.06. The molecule has 0 N–H and O–H groups in total. The minimum Gasteiger partial charge on any atom is -0.435 e. The lowest BCUT2D eigenvalue weighted by molar-refractivity contribution is -0.274. The molecule has 108 valence electrons. The lowest BCUT2D eigenvalue weighted by atomic mass is 10.1. The fourth-order valence-corrected chi connectivity index (χ4v) is 1.55. The van der Waals surface area contributed by atoms with Crippen molar-refractivity contribution in [3.05, 3.63) is 23.8 Å². The van der Waals surface area contributed by atoms with Gasteiger partial charge in [0.05, 0.1) is 0 Å². The molecule has 0 aliphatic carbocycles. The van der Waals surface area contributed by atoms with E-state index in [0.29, 0.717) is 6.42 Å². The topological polar surface area (TPSA) is 18.5 Å². The van der Waals surface area contributed by atoms with Gasteiger partial charge in [-0.2, -0.15) is 8.78 Å². The maximum absolute atomic E-state index is 12.1. The molecule has 0 unspecified atom stereocenters. The number of halogens is 6. The molecular weight excluding hydrogens is 295 g/mol. The number of hydrogen-bond donors (Lipinski definition) is 0. The van der Waals surface area contributed by atoms with Crippen LogP contribution in [0.15, 0.2) is 18.2 Å². The van der Waals surface area contributed by atoms with Crippen LogP contribution in [0.25, 0.3) is 0 Å². The van der Waals surface area contributed by atoms with E-state index in [-0.39, 0.29) is 23.6 Å². The van der Waals surface area contributed by atoms with Crippen LogP contribution in [0.2, 0.25) is 0 Å². The summed E-state index contributed by atoms with van der Waals surface area (Å²) in [6, 6.07) is 2.93.